The maximum absolute atomic E-state index is 13.7. The van der Waals surface area contributed by atoms with Crippen molar-refractivity contribution in [3.8, 4) is 5.75 Å². The molecule has 0 amide bonds. The number of ether oxygens (including phenoxy) is 1. The molecule has 0 aliphatic rings. The summed E-state index contributed by atoms with van der Waals surface area (Å²) in [6, 6.07) is 5.07. The van der Waals surface area contributed by atoms with Crippen molar-refractivity contribution in [3.05, 3.63) is 43.5 Å². The van der Waals surface area contributed by atoms with Gasteiger partial charge in [-0.2, -0.15) is 0 Å². The number of H-pyrrole nitrogens is 1. The van der Waals surface area contributed by atoms with Gasteiger partial charge in [0.2, 0.25) is 0 Å². The van der Waals surface area contributed by atoms with Crippen LogP contribution in [0.2, 0.25) is 0 Å². The van der Waals surface area contributed by atoms with Crippen LogP contribution in [0.3, 0.4) is 0 Å². The highest BCUT2D eigenvalue weighted by molar-refractivity contribution is 9.10. The standard InChI is InChI=1S/C13H10BrFN2OS2/c1-18-11-5-10-9(4-8(11)15)16-13(19)17(10)6-12-7(14)2-3-20-12/h2-5H,6H2,1H3,(H,16,19). The Balaban J connectivity index is 2.17. The minimum Gasteiger partial charge on any atom is -0.494 e. The van der Waals surface area contributed by atoms with Gasteiger partial charge in [0.05, 0.1) is 24.7 Å². The Morgan fingerprint density at radius 3 is 2.95 bits per heavy atom. The van der Waals surface area contributed by atoms with Crippen LogP contribution in [0.15, 0.2) is 28.1 Å². The maximum atomic E-state index is 13.7. The lowest BCUT2D eigenvalue weighted by Crippen LogP contribution is -1.99. The monoisotopic (exact) mass is 372 g/mol. The fourth-order valence-corrected chi connectivity index (χ4v) is 3.79. The molecule has 0 saturated carbocycles. The molecule has 2 aromatic heterocycles. The third-order valence-corrected chi connectivity index (χ3v) is 5.27. The van der Waals surface area contributed by atoms with Crippen molar-refractivity contribution in [1.82, 2.24) is 9.55 Å². The van der Waals surface area contributed by atoms with Crippen LogP contribution in [0.5, 0.6) is 5.75 Å². The summed E-state index contributed by atoms with van der Waals surface area (Å²) < 4.78 is 22.3. The molecule has 3 aromatic rings. The third-order valence-electron chi connectivity index (χ3n) is 3.04. The molecule has 0 saturated heterocycles. The summed E-state index contributed by atoms with van der Waals surface area (Å²) in [5, 5.41) is 2.01. The van der Waals surface area contributed by atoms with Gasteiger partial charge in [-0.05, 0) is 39.6 Å². The van der Waals surface area contributed by atoms with Crippen LogP contribution in [0.4, 0.5) is 4.39 Å². The molecular weight excluding hydrogens is 363 g/mol. The molecule has 1 aromatic carbocycles. The minimum atomic E-state index is -0.402. The summed E-state index contributed by atoms with van der Waals surface area (Å²) >= 11 is 10.5. The van der Waals surface area contributed by atoms with Crippen LogP contribution in [0.1, 0.15) is 4.88 Å². The van der Waals surface area contributed by atoms with Gasteiger partial charge in [-0.25, -0.2) is 4.39 Å². The topological polar surface area (TPSA) is 29.9 Å². The van der Waals surface area contributed by atoms with Crippen LogP contribution < -0.4 is 4.74 Å². The van der Waals surface area contributed by atoms with E-state index in [2.05, 4.69) is 20.9 Å². The fraction of sp³-hybridized carbons (Fsp3) is 0.154. The van der Waals surface area contributed by atoms with Crippen molar-refractivity contribution in [2.75, 3.05) is 7.11 Å². The quantitative estimate of drug-likeness (QED) is 0.674. The maximum Gasteiger partial charge on any atom is 0.178 e. The highest BCUT2D eigenvalue weighted by Gasteiger charge is 2.12. The zero-order valence-corrected chi connectivity index (χ0v) is 13.7. The van der Waals surface area contributed by atoms with Gasteiger partial charge in [0.25, 0.3) is 0 Å². The van der Waals surface area contributed by atoms with E-state index < -0.39 is 5.82 Å². The van der Waals surface area contributed by atoms with Gasteiger partial charge in [-0.3, -0.25) is 0 Å². The van der Waals surface area contributed by atoms with E-state index >= 15 is 0 Å². The van der Waals surface area contributed by atoms with E-state index in [1.807, 2.05) is 16.0 Å². The van der Waals surface area contributed by atoms with Gasteiger partial charge in [0, 0.05) is 21.5 Å². The highest BCUT2D eigenvalue weighted by atomic mass is 79.9. The van der Waals surface area contributed by atoms with Crippen molar-refractivity contribution < 1.29 is 9.13 Å². The molecule has 0 aliphatic heterocycles. The number of aromatic nitrogens is 2. The predicted molar refractivity (Wildman–Crippen MR) is 84.8 cm³/mol. The molecule has 2 heterocycles. The van der Waals surface area contributed by atoms with Crippen molar-refractivity contribution in [1.29, 1.82) is 0 Å². The van der Waals surface area contributed by atoms with E-state index in [-0.39, 0.29) is 5.75 Å². The summed E-state index contributed by atoms with van der Waals surface area (Å²) in [6.45, 7) is 0.631. The normalized spacial score (nSPS) is 11.2. The van der Waals surface area contributed by atoms with Gasteiger partial charge in [0.15, 0.2) is 16.3 Å². The number of hydrogen-bond acceptors (Lipinski definition) is 3. The first kappa shape index (κ1) is 13.8. The molecule has 0 bridgehead atoms. The minimum absolute atomic E-state index is 0.213. The number of aromatic amines is 1. The van der Waals surface area contributed by atoms with Gasteiger partial charge in [0.1, 0.15) is 0 Å². The van der Waals surface area contributed by atoms with Crippen LogP contribution in [-0.4, -0.2) is 16.7 Å². The molecule has 7 heteroatoms. The fourth-order valence-electron chi connectivity index (χ4n) is 2.05. The van der Waals surface area contributed by atoms with E-state index in [1.54, 1.807) is 17.4 Å². The first-order valence-corrected chi connectivity index (χ1v) is 7.86. The molecule has 0 aliphatic carbocycles. The summed E-state index contributed by atoms with van der Waals surface area (Å²) in [6.07, 6.45) is 0. The summed E-state index contributed by atoms with van der Waals surface area (Å²) in [5.74, 6) is -0.189. The first-order chi connectivity index (χ1) is 9.60. The van der Waals surface area contributed by atoms with Gasteiger partial charge in [-0.15, -0.1) is 11.3 Å². The molecule has 0 unspecified atom stereocenters. The molecule has 3 nitrogen and oxygen atoms in total. The largest absolute Gasteiger partial charge is 0.494 e. The Morgan fingerprint density at radius 2 is 2.30 bits per heavy atom. The highest BCUT2D eigenvalue weighted by Crippen LogP contribution is 2.28. The number of nitrogens with one attached hydrogen (secondary N) is 1. The van der Waals surface area contributed by atoms with Crippen LogP contribution in [-0.2, 0) is 6.54 Å². The SMILES string of the molecule is COc1cc2c(cc1F)[nH]c(=S)n2Cc1sccc1Br. The second-order valence-electron chi connectivity index (χ2n) is 4.21. The second kappa shape index (κ2) is 5.31. The lowest BCUT2D eigenvalue weighted by molar-refractivity contribution is 0.387. The van der Waals surface area contributed by atoms with Gasteiger partial charge in [-0.1, -0.05) is 0 Å². The Hall–Kier alpha value is -1.18. The Bertz CT molecular complexity index is 837. The van der Waals surface area contributed by atoms with E-state index in [9.17, 15) is 4.39 Å². The van der Waals surface area contributed by atoms with Gasteiger partial charge < -0.3 is 14.3 Å². The summed E-state index contributed by atoms with van der Waals surface area (Å²) in [5.41, 5.74) is 1.49. The average Bonchev–Trinajstić information content (AvgIpc) is 2.94. The molecule has 1 N–H and O–H groups in total. The number of fused-ring (bicyclic) bond motifs is 1. The zero-order valence-electron chi connectivity index (χ0n) is 10.4. The Labute approximate surface area is 132 Å². The van der Waals surface area contributed by atoms with Crippen molar-refractivity contribution in [2.45, 2.75) is 6.54 Å². The molecular formula is C13H10BrFN2OS2. The average molecular weight is 373 g/mol. The third kappa shape index (κ3) is 2.30. The number of benzene rings is 1. The summed E-state index contributed by atoms with van der Waals surface area (Å²) in [4.78, 5) is 4.18. The van der Waals surface area contributed by atoms with E-state index in [0.29, 0.717) is 16.8 Å². The van der Waals surface area contributed by atoms with Gasteiger partial charge >= 0.3 is 0 Å². The number of thiophene rings is 1. The lowest BCUT2D eigenvalue weighted by Gasteiger charge is -2.06. The molecule has 0 radical (unpaired) electrons. The predicted octanol–water partition coefficient (Wildman–Crippen LogP) is 4.72. The molecule has 20 heavy (non-hydrogen) atoms. The Kier molecular flexibility index (Phi) is 3.66. The number of imidazole rings is 1. The number of nitrogens with zero attached hydrogens (tertiary/aromatic N) is 1. The number of rotatable bonds is 3. The zero-order chi connectivity index (χ0) is 14.3. The lowest BCUT2D eigenvalue weighted by atomic mass is 10.3. The second-order valence-corrected chi connectivity index (χ2v) is 6.45. The van der Waals surface area contributed by atoms with Crippen molar-refractivity contribution >= 4 is 50.5 Å². The van der Waals surface area contributed by atoms with E-state index in [0.717, 1.165) is 14.9 Å². The number of methoxy groups -OCH3 is 1. The first-order valence-electron chi connectivity index (χ1n) is 5.78. The molecule has 104 valence electrons. The van der Waals surface area contributed by atoms with Crippen LogP contribution in [0.25, 0.3) is 11.0 Å². The number of halogens is 2. The molecule has 0 spiro atoms. The van der Waals surface area contributed by atoms with Crippen molar-refractivity contribution in [2.24, 2.45) is 0 Å². The smallest absolute Gasteiger partial charge is 0.178 e. The van der Waals surface area contributed by atoms with E-state index in [1.165, 1.54) is 13.2 Å². The molecule has 0 atom stereocenters. The Morgan fingerprint density at radius 1 is 1.50 bits per heavy atom. The van der Waals surface area contributed by atoms with Crippen LogP contribution in [0, 0.1) is 10.6 Å². The number of hydrogen-bond donors (Lipinski definition) is 1. The van der Waals surface area contributed by atoms with E-state index in [4.69, 9.17) is 17.0 Å². The van der Waals surface area contributed by atoms with Crippen molar-refractivity contribution in [3.63, 3.8) is 0 Å². The molecule has 0 fully saturated rings. The summed E-state index contributed by atoms with van der Waals surface area (Å²) in [7, 11) is 1.45. The van der Waals surface area contributed by atoms with Crippen LogP contribution >= 0.6 is 39.5 Å². The molecule has 3 rings (SSSR count).